The minimum atomic E-state index is -3.30. The topological polar surface area (TPSA) is 47.6 Å². The van der Waals surface area contributed by atoms with Gasteiger partial charge in [0, 0.05) is 11.1 Å². The monoisotopic (exact) mass is 331 g/mol. The SMILES string of the molecule is CC1(C)COP(=O)([C@H](Nc2ccccc2)c2ccccc2)OC1. The van der Waals surface area contributed by atoms with E-state index in [-0.39, 0.29) is 5.41 Å². The average molecular weight is 331 g/mol. The second-order valence-electron chi connectivity index (χ2n) is 6.57. The van der Waals surface area contributed by atoms with E-state index in [1.54, 1.807) is 0 Å². The molecule has 1 aliphatic rings. The summed E-state index contributed by atoms with van der Waals surface area (Å²) in [5, 5.41) is 3.32. The van der Waals surface area contributed by atoms with Crippen LogP contribution in [0.2, 0.25) is 0 Å². The Morgan fingerprint density at radius 2 is 1.48 bits per heavy atom. The van der Waals surface area contributed by atoms with Crippen molar-refractivity contribution in [1.82, 2.24) is 0 Å². The number of rotatable bonds is 4. The number of nitrogens with one attached hydrogen (secondary N) is 1. The van der Waals surface area contributed by atoms with Crippen LogP contribution in [0.15, 0.2) is 60.7 Å². The molecule has 0 spiro atoms. The molecule has 1 N–H and O–H groups in total. The maximum absolute atomic E-state index is 13.3. The number of hydrogen-bond donors (Lipinski definition) is 1. The Balaban J connectivity index is 1.91. The van der Waals surface area contributed by atoms with Crippen molar-refractivity contribution in [1.29, 1.82) is 0 Å². The molecule has 1 atom stereocenters. The summed E-state index contributed by atoms with van der Waals surface area (Å²) < 4.78 is 24.8. The van der Waals surface area contributed by atoms with E-state index in [0.717, 1.165) is 11.3 Å². The second kappa shape index (κ2) is 6.48. The highest BCUT2D eigenvalue weighted by atomic mass is 31.2. The van der Waals surface area contributed by atoms with E-state index in [2.05, 4.69) is 5.32 Å². The van der Waals surface area contributed by atoms with Gasteiger partial charge in [-0.2, -0.15) is 0 Å². The molecule has 0 saturated carbocycles. The van der Waals surface area contributed by atoms with Crippen LogP contribution in [0.25, 0.3) is 0 Å². The first kappa shape index (κ1) is 16.3. The smallest absolute Gasteiger partial charge is 0.357 e. The van der Waals surface area contributed by atoms with Crippen molar-refractivity contribution in [3.8, 4) is 0 Å². The predicted molar refractivity (Wildman–Crippen MR) is 92.5 cm³/mol. The number of para-hydroxylation sites is 1. The first-order valence-corrected chi connectivity index (χ1v) is 9.35. The Bertz CT molecular complexity index is 674. The minimum absolute atomic E-state index is 0.123. The quantitative estimate of drug-likeness (QED) is 0.795. The van der Waals surface area contributed by atoms with Crippen molar-refractivity contribution in [3.05, 3.63) is 66.2 Å². The fourth-order valence-corrected chi connectivity index (χ4v) is 4.71. The molecule has 1 aliphatic heterocycles. The number of benzene rings is 2. The summed E-state index contributed by atoms with van der Waals surface area (Å²) in [4.78, 5) is 0. The summed E-state index contributed by atoms with van der Waals surface area (Å²) in [6.07, 6.45) is 0. The molecule has 3 rings (SSSR count). The van der Waals surface area contributed by atoms with Crippen LogP contribution in [-0.2, 0) is 13.6 Å². The molecule has 5 heteroatoms. The third kappa shape index (κ3) is 3.84. The molecule has 0 aliphatic carbocycles. The number of hydrogen-bond acceptors (Lipinski definition) is 4. The standard InChI is InChI=1S/C18H22NO3P/c1-18(2)13-21-23(20,22-14-18)17(15-9-5-3-6-10-15)19-16-11-7-4-8-12-16/h3-12,17,19H,13-14H2,1-2H3/t17-/m0/s1. The molecule has 1 saturated heterocycles. The molecule has 1 fully saturated rings. The van der Waals surface area contributed by atoms with E-state index < -0.39 is 13.4 Å². The van der Waals surface area contributed by atoms with Crippen LogP contribution >= 0.6 is 7.60 Å². The van der Waals surface area contributed by atoms with Gasteiger partial charge in [-0.25, -0.2) is 0 Å². The Labute approximate surface area is 137 Å². The van der Waals surface area contributed by atoms with Gasteiger partial charge in [-0.3, -0.25) is 4.57 Å². The zero-order chi connectivity index (χ0) is 16.3. The van der Waals surface area contributed by atoms with Crippen LogP contribution < -0.4 is 5.32 Å². The molecule has 2 aromatic rings. The van der Waals surface area contributed by atoms with Crippen LogP contribution in [0.3, 0.4) is 0 Å². The average Bonchev–Trinajstić information content (AvgIpc) is 2.57. The first-order valence-electron chi connectivity index (χ1n) is 7.74. The van der Waals surface area contributed by atoms with Gasteiger partial charge in [0.1, 0.15) is 0 Å². The van der Waals surface area contributed by atoms with Crippen LogP contribution in [0.4, 0.5) is 5.69 Å². The van der Waals surface area contributed by atoms with Crippen molar-refractivity contribution >= 4 is 13.3 Å². The molecule has 0 amide bonds. The lowest BCUT2D eigenvalue weighted by molar-refractivity contribution is 0.0387. The summed E-state index contributed by atoms with van der Waals surface area (Å²) in [7, 11) is -3.30. The summed E-state index contributed by atoms with van der Waals surface area (Å²) in [6.45, 7) is 4.92. The van der Waals surface area contributed by atoms with Crippen LogP contribution in [0, 0.1) is 5.41 Å². The normalized spacial score (nSPS) is 20.6. The molecule has 0 bridgehead atoms. The maximum Gasteiger partial charge on any atom is 0.357 e. The molecule has 0 unspecified atom stereocenters. The third-order valence-electron chi connectivity index (χ3n) is 3.78. The van der Waals surface area contributed by atoms with E-state index >= 15 is 0 Å². The van der Waals surface area contributed by atoms with Gasteiger partial charge in [0.2, 0.25) is 0 Å². The van der Waals surface area contributed by atoms with Gasteiger partial charge in [0.15, 0.2) is 5.78 Å². The van der Waals surface area contributed by atoms with E-state index in [1.165, 1.54) is 0 Å². The molecule has 4 nitrogen and oxygen atoms in total. The van der Waals surface area contributed by atoms with Gasteiger partial charge >= 0.3 is 7.60 Å². The zero-order valence-corrected chi connectivity index (χ0v) is 14.3. The molecule has 0 radical (unpaired) electrons. The van der Waals surface area contributed by atoms with Crippen LogP contribution in [-0.4, -0.2) is 13.2 Å². The van der Waals surface area contributed by atoms with Crippen molar-refractivity contribution in [2.45, 2.75) is 19.6 Å². The second-order valence-corrected chi connectivity index (χ2v) is 8.69. The Kier molecular flexibility index (Phi) is 4.58. The van der Waals surface area contributed by atoms with Gasteiger partial charge in [-0.05, 0) is 17.7 Å². The lowest BCUT2D eigenvalue weighted by atomic mass is 9.97. The van der Waals surface area contributed by atoms with Crippen molar-refractivity contribution < 1.29 is 13.6 Å². The number of anilines is 1. The minimum Gasteiger partial charge on any atom is -0.368 e. The molecule has 0 aromatic heterocycles. The van der Waals surface area contributed by atoms with Crippen LogP contribution in [0.1, 0.15) is 25.2 Å². The van der Waals surface area contributed by atoms with E-state index in [0.29, 0.717) is 13.2 Å². The summed E-state index contributed by atoms with van der Waals surface area (Å²) in [5.41, 5.74) is 1.65. The Morgan fingerprint density at radius 1 is 0.957 bits per heavy atom. The summed E-state index contributed by atoms with van der Waals surface area (Å²) in [6, 6.07) is 19.4. The predicted octanol–water partition coefficient (Wildman–Crippen LogP) is 5.06. The molecular formula is C18H22NO3P. The molecule has 2 aromatic carbocycles. The lowest BCUT2D eigenvalue weighted by Crippen LogP contribution is -2.31. The van der Waals surface area contributed by atoms with Crippen LogP contribution in [0.5, 0.6) is 0 Å². The summed E-state index contributed by atoms with van der Waals surface area (Å²) in [5.74, 6) is -0.526. The molecular weight excluding hydrogens is 309 g/mol. The third-order valence-corrected chi connectivity index (χ3v) is 5.82. The Hall–Kier alpha value is -1.61. The van der Waals surface area contributed by atoms with Gasteiger partial charge in [0.05, 0.1) is 13.2 Å². The zero-order valence-electron chi connectivity index (χ0n) is 13.4. The molecule has 1 heterocycles. The van der Waals surface area contributed by atoms with Crippen molar-refractivity contribution in [2.75, 3.05) is 18.5 Å². The molecule has 23 heavy (non-hydrogen) atoms. The van der Waals surface area contributed by atoms with Gasteiger partial charge in [0.25, 0.3) is 0 Å². The lowest BCUT2D eigenvalue weighted by Gasteiger charge is -2.37. The molecule has 122 valence electrons. The highest BCUT2D eigenvalue weighted by Gasteiger charge is 2.43. The van der Waals surface area contributed by atoms with E-state index in [9.17, 15) is 4.57 Å². The summed E-state index contributed by atoms with van der Waals surface area (Å²) >= 11 is 0. The highest BCUT2D eigenvalue weighted by Crippen LogP contribution is 2.63. The Morgan fingerprint density at radius 3 is 2.04 bits per heavy atom. The fourth-order valence-electron chi connectivity index (χ4n) is 2.43. The van der Waals surface area contributed by atoms with Gasteiger partial charge in [-0.15, -0.1) is 0 Å². The first-order chi connectivity index (χ1) is 11.0. The maximum atomic E-state index is 13.3. The van der Waals surface area contributed by atoms with Crippen molar-refractivity contribution in [3.63, 3.8) is 0 Å². The van der Waals surface area contributed by atoms with Gasteiger partial charge in [-0.1, -0.05) is 62.4 Å². The van der Waals surface area contributed by atoms with E-state index in [4.69, 9.17) is 9.05 Å². The largest absolute Gasteiger partial charge is 0.368 e. The van der Waals surface area contributed by atoms with E-state index in [1.807, 2.05) is 74.5 Å². The highest BCUT2D eigenvalue weighted by molar-refractivity contribution is 7.54. The fraction of sp³-hybridized carbons (Fsp3) is 0.333. The van der Waals surface area contributed by atoms with Crippen molar-refractivity contribution in [2.24, 2.45) is 5.41 Å². The van der Waals surface area contributed by atoms with Gasteiger partial charge < -0.3 is 14.4 Å².